The van der Waals surface area contributed by atoms with Crippen molar-refractivity contribution in [3.05, 3.63) is 29.8 Å². The third kappa shape index (κ3) is 3.03. The van der Waals surface area contributed by atoms with Crippen LogP contribution in [0.2, 0.25) is 0 Å². The van der Waals surface area contributed by atoms with E-state index in [1.807, 2.05) is 36.2 Å². The number of rotatable bonds is 3. The number of hydrogen-bond acceptors (Lipinski definition) is 6. The van der Waals surface area contributed by atoms with Gasteiger partial charge in [-0.2, -0.15) is 0 Å². The first kappa shape index (κ1) is 14.7. The molecule has 0 amide bonds. The van der Waals surface area contributed by atoms with Gasteiger partial charge in [-0.1, -0.05) is 23.9 Å². The maximum atomic E-state index is 11.6. The van der Waals surface area contributed by atoms with Gasteiger partial charge in [0.05, 0.1) is 30.7 Å². The van der Waals surface area contributed by atoms with E-state index in [0.717, 1.165) is 16.7 Å². The van der Waals surface area contributed by atoms with E-state index in [1.54, 1.807) is 18.9 Å². The lowest BCUT2D eigenvalue weighted by molar-refractivity contribution is 0.410. The number of amidine groups is 1. The fourth-order valence-corrected chi connectivity index (χ4v) is 5.64. The van der Waals surface area contributed by atoms with Crippen molar-refractivity contribution >= 4 is 26.8 Å². The van der Waals surface area contributed by atoms with E-state index < -0.39 is 9.84 Å². The van der Waals surface area contributed by atoms with Gasteiger partial charge in [0.25, 0.3) is 0 Å². The quantitative estimate of drug-likeness (QED) is 0.840. The van der Waals surface area contributed by atoms with Gasteiger partial charge in [0.2, 0.25) is 0 Å². The van der Waals surface area contributed by atoms with Gasteiger partial charge >= 0.3 is 0 Å². The number of fused-ring (bicyclic) bond motifs is 1. The lowest BCUT2D eigenvalue weighted by Crippen LogP contribution is -2.35. The Morgan fingerprint density at radius 1 is 1.33 bits per heavy atom. The van der Waals surface area contributed by atoms with Gasteiger partial charge in [-0.25, -0.2) is 8.42 Å². The number of nitrogens with zero attached hydrogens (tertiary/aromatic N) is 2. The largest absolute Gasteiger partial charge is 0.497 e. The van der Waals surface area contributed by atoms with Gasteiger partial charge in [-0.05, 0) is 17.7 Å². The molecule has 2 aliphatic rings. The summed E-state index contributed by atoms with van der Waals surface area (Å²) in [7, 11) is 0.679. The summed E-state index contributed by atoms with van der Waals surface area (Å²) in [5.74, 6) is 2.08. The van der Waals surface area contributed by atoms with Crippen molar-refractivity contribution in [3.8, 4) is 5.75 Å². The first-order chi connectivity index (χ1) is 9.98. The van der Waals surface area contributed by atoms with E-state index >= 15 is 0 Å². The minimum absolute atomic E-state index is 0.0216. The average molecular weight is 326 g/mol. The van der Waals surface area contributed by atoms with Gasteiger partial charge in [-0.3, -0.25) is 4.99 Å². The highest BCUT2D eigenvalue weighted by Crippen LogP contribution is 2.31. The van der Waals surface area contributed by atoms with E-state index in [1.165, 1.54) is 5.56 Å². The summed E-state index contributed by atoms with van der Waals surface area (Å²) in [6, 6.07) is 7.89. The number of thioether (sulfide) groups is 1. The molecule has 0 aromatic heterocycles. The molecule has 0 spiro atoms. The first-order valence-corrected chi connectivity index (χ1v) is 9.56. The molecule has 3 rings (SSSR count). The number of likely N-dealkylation sites (N-methyl/N-ethyl adjacent to an activating group) is 1. The molecule has 1 aromatic rings. The summed E-state index contributed by atoms with van der Waals surface area (Å²) in [5, 5.41) is 0.940. The topological polar surface area (TPSA) is 59.0 Å². The van der Waals surface area contributed by atoms with Gasteiger partial charge in [-0.15, -0.1) is 0 Å². The Bertz CT molecular complexity index is 655. The Hall–Kier alpha value is -1.21. The van der Waals surface area contributed by atoms with Crippen molar-refractivity contribution in [1.82, 2.24) is 4.90 Å². The molecule has 0 aliphatic carbocycles. The minimum Gasteiger partial charge on any atom is -0.497 e. The maximum Gasteiger partial charge on any atom is 0.159 e. The third-order valence-corrected chi connectivity index (χ3v) is 6.72. The van der Waals surface area contributed by atoms with Gasteiger partial charge in [0, 0.05) is 12.8 Å². The number of sulfone groups is 1. The number of ether oxygens (including phenoxy) is 1. The molecule has 1 aromatic carbocycles. The Balaban J connectivity index is 1.63. The second kappa shape index (κ2) is 5.53. The molecule has 2 aliphatic heterocycles. The Labute approximate surface area is 129 Å². The number of methoxy groups -OCH3 is 1. The van der Waals surface area contributed by atoms with Crippen LogP contribution in [0.25, 0.3) is 0 Å². The highest BCUT2D eigenvalue weighted by atomic mass is 32.2. The van der Waals surface area contributed by atoms with Crippen LogP contribution in [0, 0.1) is 0 Å². The van der Waals surface area contributed by atoms with Crippen LogP contribution in [0.3, 0.4) is 0 Å². The van der Waals surface area contributed by atoms with Crippen molar-refractivity contribution in [3.63, 3.8) is 0 Å². The van der Waals surface area contributed by atoms with Crippen LogP contribution < -0.4 is 4.74 Å². The Morgan fingerprint density at radius 3 is 2.67 bits per heavy atom. The van der Waals surface area contributed by atoms with Crippen molar-refractivity contribution < 1.29 is 13.2 Å². The molecule has 0 N–H and O–H groups in total. The molecule has 2 heterocycles. The van der Waals surface area contributed by atoms with Crippen LogP contribution in [-0.2, 0) is 15.6 Å². The van der Waals surface area contributed by atoms with E-state index in [-0.39, 0.29) is 23.6 Å². The normalized spacial score (nSPS) is 26.6. The zero-order valence-electron chi connectivity index (χ0n) is 12.0. The number of benzene rings is 1. The van der Waals surface area contributed by atoms with Crippen LogP contribution in [-0.4, -0.2) is 56.2 Å². The molecule has 2 atom stereocenters. The lowest BCUT2D eigenvalue weighted by atomic mass is 10.2. The fraction of sp³-hybridized carbons (Fsp3) is 0.500. The van der Waals surface area contributed by atoms with Crippen molar-refractivity contribution in [2.75, 3.05) is 25.7 Å². The van der Waals surface area contributed by atoms with Gasteiger partial charge in [0.1, 0.15) is 5.75 Å². The molecule has 0 saturated carbocycles. The lowest BCUT2D eigenvalue weighted by Gasteiger charge is -2.20. The molecule has 0 bridgehead atoms. The van der Waals surface area contributed by atoms with Crippen molar-refractivity contribution in [2.24, 2.45) is 4.99 Å². The van der Waals surface area contributed by atoms with E-state index in [9.17, 15) is 8.42 Å². The first-order valence-electron chi connectivity index (χ1n) is 6.75. The molecule has 1 saturated heterocycles. The van der Waals surface area contributed by atoms with Crippen LogP contribution in [0.1, 0.15) is 5.56 Å². The van der Waals surface area contributed by atoms with E-state index in [0.29, 0.717) is 0 Å². The summed E-state index contributed by atoms with van der Waals surface area (Å²) >= 11 is 1.66. The highest BCUT2D eigenvalue weighted by Gasteiger charge is 2.44. The van der Waals surface area contributed by atoms with Gasteiger partial charge in [0.15, 0.2) is 15.0 Å². The smallest absolute Gasteiger partial charge is 0.159 e. The van der Waals surface area contributed by atoms with Crippen LogP contribution in [0.15, 0.2) is 29.3 Å². The van der Waals surface area contributed by atoms with Crippen molar-refractivity contribution in [2.45, 2.75) is 17.8 Å². The molecule has 0 radical (unpaired) electrons. The fourth-order valence-electron chi connectivity index (χ4n) is 2.69. The van der Waals surface area contributed by atoms with Crippen LogP contribution in [0.5, 0.6) is 5.75 Å². The Morgan fingerprint density at radius 2 is 2.05 bits per heavy atom. The predicted molar refractivity (Wildman–Crippen MR) is 85.7 cm³/mol. The van der Waals surface area contributed by atoms with Crippen molar-refractivity contribution in [1.29, 1.82) is 0 Å². The third-order valence-electron chi connectivity index (χ3n) is 3.90. The summed E-state index contributed by atoms with van der Waals surface area (Å²) in [6.07, 6.45) is 0. The van der Waals surface area contributed by atoms with E-state index in [4.69, 9.17) is 4.74 Å². The molecule has 5 nitrogen and oxygen atoms in total. The zero-order valence-corrected chi connectivity index (χ0v) is 13.7. The molecule has 2 unspecified atom stereocenters. The second-order valence-electron chi connectivity index (χ2n) is 5.37. The molecular weight excluding hydrogens is 308 g/mol. The molecule has 21 heavy (non-hydrogen) atoms. The minimum atomic E-state index is -2.91. The monoisotopic (exact) mass is 326 g/mol. The SMILES string of the molecule is COc1ccc(CSC2=NC3CS(=O)(=O)CC3N2C)cc1. The molecule has 7 heteroatoms. The number of aliphatic imine (C=N–C) groups is 1. The maximum absolute atomic E-state index is 11.6. The molecular formula is C14H18N2O3S2. The van der Waals surface area contributed by atoms with Crippen LogP contribution in [0.4, 0.5) is 0 Å². The second-order valence-corrected chi connectivity index (χ2v) is 8.47. The number of hydrogen-bond donors (Lipinski definition) is 0. The van der Waals surface area contributed by atoms with E-state index in [2.05, 4.69) is 4.99 Å². The summed E-state index contributed by atoms with van der Waals surface area (Å²) in [4.78, 5) is 6.59. The zero-order chi connectivity index (χ0) is 15.0. The average Bonchev–Trinajstić information content (AvgIpc) is 2.91. The van der Waals surface area contributed by atoms with Crippen LogP contribution >= 0.6 is 11.8 Å². The summed E-state index contributed by atoms with van der Waals surface area (Å²) < 4.78 is 28.4. The summed E-state index contributed by atoms with van der Waals surface area (Å²) in [5.41, 5.74) is 1.20. The molecule has 1 fully saturated rings. The Kier molecular flexibility index (Phi) is 3.88. The highest BCUT2D eigenvalue weighted by molar-refractivity contribution is 8.13. The summed E-state index contributed by atoms with van der Waals surface area (Å²) in [6.45, 7) is 0. The molecule has 114 valence electrons. The predicted octanol–water partition coefficient (Wildman–Crippen LogP) is 1.40. The van der Waals surface area contributed by atoms with Gasteiger partial charge < -0.3 is 9.64 Å². The standard InChI is InChI=1S/C14H18N2O3S2/c1-16-13-9-21(17,18)8-12(13)15-14(16)20-7-10-3-5-11(19-2)6-4-10/h3-6,12-13H,7-9H2,1-2H3.